The first-order chi connectivity index (χ1) is 10.4. The summed E-state index contributed by atoms with van der Waals surface area (Å²) < 4.78 is 2.00. The number of carbonyl (C=O) groups excluding carboxylic acids is 1. The Balaban J connectivity index is 1.74. The molecule has 1 aliphatic carbocycles. The second-order valence-electron chi connectivity index (χ2n) is 6.99. The maximum atomic E-state index is 12.7. The monoisotopic (exact) mass is 318 g/mol. The van der Waals surface area contributed by atoms with E-state index in [1.54, 1.807) is 18.0 Å². The van der Waals surface area contributed by atoms with E-state index in [1.807, 2.05) is 10.8 Å². The third-order valence-corrected chi connectivity index (χ3v) is 4.91. The molecule has 1 amide bonds. The molecule has 0 saturated heterocycles. The van der Waals surface area contributed by atoms with E-state index in [2.05, 4.69) is 36.1 Å². The summed E-state index contributed by atoms with van der Waals surface area (Å²) in [6.45, 7) is 7.14. The topological polar surface area (TPSA) is 59.8 Å². The lowest BCUT2D eigenvalue weighted by Crippen LogP contribution is -2.46. The van der Waals surface area contributed by atoms with E-state index in [-0.39, 0.29) is 17.4 Å². The highest BCUT2D eigenvalue weighted by molar-refractivity contribution is 7.11. The van der Waals surface area contributed by atoms with Crippen LogP contribution < -0.4 is 5.32 Å². The molecule has 2 aromatic rings. The number of nitrogens with zero attached hydrogens (tertiary/aromatic N) is 3. The number of hydrogen-bond donors (Lipinski definition) is 1. The van der Waals surface area contributed by atoms with Gasteiger partial charge in [0.15, 0.2) is 0 Å². The summed E-state index contributed by atoms with van der Waals surface area (Å²) in [6, 6.07) is 0.0309. The molecule has 22 heavy (non-hydrogen) atoms. The Morgan fingerprint density at radius 3 is 2.86 bits per heavy atom. The molecule has 1 aliphatic rings. The smallest absolute Gasteiger partial charge is 0.263 e. The number of amides is 1. The lowest BCUT2D eigenvalue weighted by molar-refractivity contribution is 0.0895. The Morgan fingerprint density at radius 1 is 1.50 bits per heavy atom. The van der Waals surface area contributed by atoms with Crippen LogP contribution in [0.2, 0.25) is 0 Å². The van der Waals surface area contributed by atoms with Crippen molar-refractivity contribution in [2.45, 2.75) is 52.1 Å². The molecular formula is C16H22N4OS. The van der Waals surface area contributed by atoms with E-state index in [9.17, 15) is 4.79 Å². The van der Waals surface area contributed by atoms with Gasteiger partial charge >= 0.3 is 0 Å². The molecule has 118 valence electrons. The molecule has 1 saturated carbocycles. The van der Waals surface area contributed by atoms with Crippen LogP contribution in [0.25, 0.3) is 0 Å². The highest BCUT2D eigenvalue weighted by Gasteiger charge is 2.33. The second-order valence-corrected chi connectivity index (χ2v) is 7.85. The van der Waals surface area contributed by atoms with Crippen LogP contribution in [0.4, 0.5) is 0 Å². The number of imidazole rings is 1. The summed E-state index contributed by atoms with van der Waals surface area (Å²) in [5, 5.41) is 3.20. The zero-order chi connectivity index (χ0) is 15.7. The van der Waals surface area contributed by atoms with E-state index in [0.717, 1.165) is 23.4 Å². The van der Waals surface area contributed by atoms with Crippen molar-refractivity contribution in [3.63, 3.8) is 0 Å². The van der Waals surface area contributed by atoms with E-state index in [0.29, 0.717) is 12.5 Å². The Labute approximate surface area is 134 Å². The van der Waals surface area contributed by atoms with Gasteiger partial charge in [-0.15, -0.1) is 11.3 Å². The second kappa shape index (κ2) is 5.83. The first kappa shape index (κ1) is 15.2. The molecule has 1 atom stereocenters. The van der Waals surface area contributed by atoms with Crippen LogP contribution in [-0.4, -0.2) is 26.5 Å². The fourth-order valence-electron chi connectivity index (χ4n) is 2.44. The average Bonchev–Trinajstić information content (AvgIpc) is 2.97. The molecule has 0 unspecified atom stereocenters. The minimum Gasteiger partial charge on any atom is -0.346 e. The average molecular weight is 318 g/mol. The Hall–Kier alpha value is -1.69. The lowest BCUT2D eigenvalue weighted by atomic mass is 9.86. The molecule has 0 spiro atoms. The fraction of sp³-hybridized carbons (Fsp3) is 0.562. The van der Waals surface area contributed by atoms with Crippen LogP contribution >= 0.6 is 11.3 Å². The fourth-order valence-corrected chi connectivity index (χ4v) is 3.22. The van der Waals surface area contributed by atoms with Gasteiger partial charge in [0, 0.05) is 24.9 Å². The number of nitrogens with one attached hydrogen (secondary N) is 1. The number of aromatic nitrogens is 3. The van der Waals surface area contributed by atoms with Crippen molar-refractivity contribution in [2.24, 2.45) is 5.41 Å². The Bertz CT molecular complexity index is 637. The molecular weight excluding hydrogens is 296 g/mol. The van der Waals surface area contributed by atoms with Crippen LogP contribution in [-0.2, 0) is 6.54 Å². The van der Waals surface area contributed by atoms with Crippen LogP contribution in [0.1, 0.15) is 54.9 Å². The van der Waals surface area contributed by atoms with Gasteiger partial charge in [-0.3, -0.25) is 4.79 Å². The zero-order valence-corrected chi connectivity index (χ0v) is 14.1. The maximum Gasteiger partial charge on any atom is 0.263 e. The predicted octanol–water partition coefficient (Wildman–Crippen LogP) is 3.06. The van der Waals surface area contributed by atoms with Gasteiger partial charge in [-0.1, -0.05) is 20.8 Å². The number of rotatable bonds is 5. The molecule has 0 radical (unpaired) electrons. The SMILES string of the molecule is CC(C)(C)[C@H](Cn1ccnc1)NC(=O)c1scnc1C1CC1. The molecule has 2 aromatic heterocycles. The van der Waals surface area contributed by atoms with Gasteiger partial charge in [0.05, 0.1) is 23.6 Å². The van der Waals surface area contributed by atoms with Crippen molar-refractivity contribution < 1.29 is 4.79 Å². The van der Waals surface area contributed by atoms with Crippen LogP contribution in [0.3, 0.4) is 0 Å². The molecule has 1 N–H and O–H groups in total. The number of thiazole rings is 1. The summed E-state index contributed by atoms with van der Waals surface area (Å²) in [7, 11) is 0. The largest absolute Gasteiger partial charge is 0.346 e. The van der Waals surface area contributed by atoms with Crippen molar-refractivity contribution >= 4 is 17.2 Å². The van der Waals surface area contributed by atoms with Gasteiger partial charge < -0.3 is 9.88 Å². The van der Waals surface area contributed by atoms with Crippen LogP contribution in [0, 0.1) is 5.41 Å². The quantitative estimate of drug-likeness (QED) is 0.921. The van der Waals surface area contributed by atoms with Crippen molar-refractivity contribution in [3.8, 4) is 0 Å². The molecule has 0 aliphatic heterocycles. The molecule has 3 rings (SSSR count). The van der Waals surface area contributed by atoms with E-state index in [4.69, 9.17) is 0 Å². The van der Waals surface area contributed by atoms with Crippen molar-refractivity contribution in [2.75, 3.05) is 0 Å². The molecule has 6 heteroatoms. The minimum atomic E-state index is -0.0373. The first-order valence-corrected chi connectivity index (χ1v) is 8.53. The zero-order valence-electron chi connectivity index (χ0n) is 13.2. The standard InChI is InChI=1S/C16H22N4OS/c1-16(2,3)12(8-20-7-6-17-9-20)19-15(21)14-13(11-4-5-11)18-10-22-14/h6-7,9-12H,4-5,8H2,1-3H3,(H,19,21)/t12-/m0/s1. The van der Waals surface area contributed by atoms with Gasteiger partial charge in [-0.25, -0.2) is 9.97 Å². The van der Waals surface area contributed by atoms with Crippen molar-refractivity contribution in [3.05, 3.63) is 34.8 Å². The number of carbonyl (C=O) groups is 1. The highest BCUT2D eigenvalue weighted by atomic mass is 32.1. The first-order valence-electron chi connectivity index (χ1n) is 7.65. The van der Waals surface area contributed by atoms with E-state index < -0.39 is 0 Å². The van der Waals surface area contributed by atoms with Crippen LogP contribution in [0.5, 0.6) is 0 Å². The predicted molar refractivity (Wildman–Crippen MR) is 87.0 cm³/mol. The van der Waals surface area contributed by atoms with Gasteiger partial charge in [-0.05, 0) is 18.3 Å². The summed E-state index contributed by atoms with van der Waals surface area (Å²) in [5.41, 5.74) is 2.73. The molecule has 0 aromatic carbocycles. The van der Waals surface area contributed by atoms with Gasteiger partial charge in [0.2, 0.25) is 0 Å². The van der Waals surface area contributed by atoms with Crippen molar-refractivity contribution in [1.29, 1.82) is 0 Å². The Kier molecular flexibility index (Phi) is 4.04. The maximum absolute atomic E-state index is 12.7. The molecule has 2 heterocycles. The normalized spacial score (nSPS) is 16.5. The van der Waals surface area contributed by atoms with E-state index >= 15 is 0 Å². The van der Waals surface area contributed by atoms with Gasteiger partial charge in [0.25, 0.3) is 5.91 Å². The molecule has 1 fully saturated rings. The van der Waals surface area contributed by atoms with E-state index in [1.165, 1.54) is 11.3 Å². The lowest BCUT2D eigenvalue weighted by Gasteiger charge is -2.31. The van der Waals surface area contributed by atoms with Gasteiger partial charge in [0.1, 0.15) is 4.88 Å². The summed E-state index contributed by atoms with van der Waals surface area (Å²) in [4.78, 5) is 21.9. The minimum absolute atomic E-state index is 0.00411. The van der Waals surface area contributed by atoms with Crippen LogP contribution in [0.15, 0.2) is 24.2 Å². The Morgan fingerprint density at radius 2 is 2.27 bits per heavy atom. The van der Waals surface area contributed by atoms with Gasteiger partial charge in [-0.2, -0.15) is 0 Å². The summed E-state index contributed by atoms with van der Waals surface area (Å²) >= 11 is 1.44. The summed E-state index contributed by atoms with van der Waals surface area (Å²) in [6.07, 6.45) is 7.78. The van der Waals surface area contributed by atoms with Crippen molar-refractivity contribution in [1.82, 2.24) is 19.9 Å². The molecule has 5 nitrogen and oxygen atoms in total. The third-order valence-electron chi connectivity index (χ3n) is 4.07. The highest BCUT2D eigenvalue weighted by Crippen LogP contribution is 2.41. The third kappa shape index (κ3) is 3.38. The summed E-state index contributed by atoms with van der Waals surface area (Å²) in [5.74, 6) is 0.498. The molecule has 0 bridgehead atoms. The number of hydrogen-bond acceptors (Lipinski definition) is 4.